The number of likely N-dealkylation sites (N-methyl/N-ethyl adjacent to an activating group) is 1. The number of nitrogens with zero attached hydrogens (tertiary/aromatic N) is 2. The molecule has 1 aliphatic rings. The molecule has 1 N–H and O–H groups in total. The average molecular weight is 278 g/mol. The van der Waals surface area contributed by atoms with Gasteiger partial charge in [0.2, 0.25) is 0 Å². The van der Waals surface area contributed by atoms with Gasteiger partial charge < -0.3 is 19.6 Å². The summed E-state index contributed by atoms with van der Waals surface area (Å²) in [6, 6.07) is 5.07. The summed E-state index contributed by atoms with van der Waals surface area (Å²) in [5.74, 6) is -0.228. The van der Waals surface area contributed by atoms with Crippen LogP contribution in [0.15, 0.2) is 18.2 Å². The minimum absolute atomic E-state index is 0.315. The molecule has 0 unspecified atom stereocenters. The van der Waals surface area contributed by atoms with Crippen LogP contribution in [-0.2, 0) is 0 Å². The number of aromatic carboxylic acids is 1. The molecule has 0 saturated carbocycles. The highest BCUT2D eigenvalue weighted by atomic mass is 16.5. The molecule has 110 valence electrons. The molecule has 5 nitrogen and oxygen atoms in total. The van der Waals surface area contributed by atoms with Gasteiger partial charge in [-0.1, -0.05) is 0 Å². The first-order chi connectivity index (χ1) is 9.61. The molecule has 20 heavy (non-hydrogen) atoms. The lowest BCUT2D eigenvalue weighted by atomic mass is 10.1. The zero-order valence-corrected chi connectivity index (χ0v) is 12.1. The number of hydrogen-bond acceptors (Lipinski definition) is 4. The van der Waals surface area contributed by atoms with Crippen LogP contribution in [0.1, 0.15) is 23.2 Å². The van der Waals surface area contributed by atoms with Crippen molar-refractivity contribution in [2.24, 2.45) is 0 Å². The monoisotopic (exact) mass is 278 g/mol. The molecule has 0 aromatic heterocycles. The molecule has 0 spiro atoms. The molecule has 1 aliphatic heterocycles. The molecule has 0 amide bonds. The third-order valence-corrected chi connectivity index (χ3v) is 3.80. The van der Waals surface area contributed by atoms with Gasteiger partial charge in [0.05, 0.1) is 18.4 Å². The third kappa shape index (κ3) is 3.42. The van der Waals surface area contributed by atoms with E-state index in [-0.39, 0.29) is 0 Å². The number of methoxy groups -OCH3 is 1. The highest BCUT2D eigenvalue weighted by Crippen LogP contribution is 2.25. The lowest BCUT2D eigenvalue weighted by molar-refractivity contribution is 0.0697. The summed E-state index contributed by atoms with van der Waals surface area (Å²) in [5, 5.41) is 9.28. The fourth-order valence-corrected chi connectivity index (χ4v) is 2.55. The van der Waals surface area contributed by atoms with Gasteiger partial charge >= 0.3 is 5.97 Å². The molecular formula is C15H22N2O3. The second-order valence-electron chi connectivity index (χ2n) is 5.16. The van der Waals surface area contributed by atoms with Gasteiger partial charge in [0.15, 0.2) is 0 Å². The van der Waals surface area contributed by atoms with Gasteiger partial charge in [0.1, 0.15) is 5.75 Å². The molecule has 1 aromatic carbocycles. The number of hydrogen-bond donors (Lipinski definition) is 1. The summed E-state index contributed by atoms with van der Waals surface area (Å²) < 4.78 is 5.19. The number of anilines is 1. The first-order valence-electron chi connectivity index (χ1n) is 6.96. The van der Waals surface area contributed by atoms with Crippen LogP contribution >= 0.6 is 0 Å². The van der Waals surface area contributed by atoms with E-state index >= 15 is 0 Å². The van der Waals surface area contributed by atoms with Crippen molar-refractivity contribution < 1.29 is 14.6 Å². The molecule has 0 radical (unpaired) electrons. The maximum absolute atomic E-state index is 11.3. The largest absolute Gasteiger partial charge is 0.497 e. The number of carboxylic acids is 1. The van der Waals surface area contributed by atoms with Gasteiger partial charge in [-0.15, -0.1) is 0 Å². The molecule has 0 atom stereocenters. The third-order valence-electron chi connectivity index (χ3n) is 3.80. The lowest BCUT2D eigenvalue weighted by Gasteiger charge is -2.24. The van der Waals surface area contributed by atoms with E-state index in [4.69, 9.17) is 4.74 Å². The van der Waals surface area contributed by atoms with Gasteiger partial charge in [-0.05, 0) is 38.1 Å². The molecule has 1 heterocycles. The highest BCUT2D eigenvalue weighted by Gasteiger charge is 2.16. The van der Waals surface area contributed by atoms with Crippen LogP contribution in [0.4, 0.5) is 5.69 Å². The van der Waals surface area contributed by atoms with Gasteiger partial charge in [-0.25, -0.2) is 4.79 Å². The lowest BCUT2D eigenvalue weighted by Crippen LogP contribution is -2.32. The number of benzene rings is 1. The van der Waals surface area contributed by atoms with Crippen molar-refractivity contribution in [1.82, 2.24) is 4.90 Å². The van der Waals surface area contributed by atoms with E-state index < -0.39 is 5.97 Å². The average Bonchev–Trinajstić information content (AvgIpc) is 2.97. The van der Waals surface area contributed by atoms with E-state index in [1.54, 1.807) is 25.3 Å². The number of likely N-dealkylation sites (tertiary alicyclic amines) is 1. The quantitative estimate of drug-likeness (QED) is 0.861. The Balaban J connectivity index is 2.09. The van der Waals surface area contributed by atoms with E-state index in [1.807, 2.05) is 11.9 Å². The van der Waals surface area contributed by atoms with Crippen LogP contribution in [0, 0.1) is 0 Å². The first-order valence-corrected chi connectivity index (χ1v) is 6.96. The Kier molecular flexibility index (Phi) is 4.84. The highest BCUT2D eigenvalue weighted by molar-refractivity contribution is 5.94. The van der Waals surface area contributed by atoms with E-state index in [9.17, 15) is 9.90 Å². The van der Waals surface area contributed by atoms with Gasteiger partial charge in [-0.2, -0.15) is 0 Å². The Morgan fingerprint density at radius 2 is 2.10 bits per heavy atom. The number of carbonyl (C=O) groups is 1. The maximum Gasteiger partial charge on any atom is 0.337 e. The van der Waals surface area contributed by atoms with Crippen LogP contribution in [0.2, 0.25) is 0 Å². The van der Waals surface area contributed by atoms with Crippen molar-refractivity contribution in [2.45, 2.75) is 12.8 Å². The van der Waals surface area contributed by atoms with Crippen molar-refractivity contribution >= 4 is 11.7 Å². The summed E-state index contributed by atoms with van der Waals surface area (Å²) in [7, 11) is 3.51. The van der Waals surface area contributed by atoms with Crippen molar-refractivity contribution in [3.63, 3.8) is 0 Å². The normalized spacial score (nSPS) is 15.3. The SMILES string of the molecule is COc1ccc(C(=O)O)c(N(C)CCN2CCCC2)c1. The van der Waals surface area contributed by atoms with Crippen molar-refractivity contribution in [1.29, 1.82) is 0 Å². The summed E-state index contributed by atoms with van der Waals surface area (Å²) in [6.45, 7) is 4.08. The summed E-state index contributed by atoms with van der Waals surface area (Å²) in [6.07, 6.45) is 2.53. The second-order valence-corrected chi connectivity index (χ2v) is 5.16. The van der Waals surface area contributed by atoms with Crippen LogP contribution in [0.5, 0.6) is 5.75 Å². The first kappa shape index (κ1) is 14.7. The van der Waals surface area contributed by atoms with Crippen LogP contribution < -0.4 is 9.64 Å². The topological polar surface area (TPSA) is 53.0 Å². The predicted octanol–water partition coefficient (Wildman–Crippen LogP) is 1.93. The molecule has 5 heteroatoms. The fourth-order valence-electron chi connectivity index (χ4n) is 2.55. The minimum atomic E-state index is -0.907. The van der Waals surface area contributed by atoms with Crippen LogP contribution in [0.25, 0.3) is 0 Å². The summed E-state index contributed by atoms with van der Waals surface area (Å²) >= 11 is 0. The van der Waals surface area contributed by atoms with E-state index in [0.29, 0.717) is 17.0 Å². The second kappa shape index (κ2) is 6.61. The predicted molar refractivity (Wildman–Crippen MR) is 78.9 cm³/mol. The molecule has 1 fully saturated rings. The minimum Gasteiger partial charge on any atom is -0.497 e. The zero-order chi connectivity index (χ0) is 14.5. The smallest absolute Gasteiger partial charge is 0.337 e. The Morgan fingerprint density at radius 3 is 2.70 bits per heavy atom. The van der Waals surface area contributed by atoms with E-state index in [0.717, 1.165) is 26.2 Å². The molecule has 1 saturated heterocycles. The number of rotatable bonds is 6. The summed E-state index contributed by atoms with van der Waals surface area (Å²) in [4.78, 5) is 15.7. The standard InChI is InChI=1S/C15H22N2O3/c1-16(9-10-17-7-3-4-8-17)14-11-12(20-2)5-6-13(14)15(18)19/h5-6,11H,3-4,7-10H2,1-2H3,(H,18,19). The fraction of sp³-hybridized carbons (Fsp3) is 0.533. The Labute approximate surface area is 119 Å². The molecule has 1 aromatic rings. The number of carboxylic acid groups (broad SMARTS) is 1. The van der Waals surface area contributed by atoms with E-state index in [2.05, 4.69) is 4.90 Å². The maximum atomic E-state index is 11.3. The van der Waals surface area contributed by atoms with Crippen molar-refractivity contribution in [3.8, 4) is 5.75 Å². The number of ether oxygens (including phenoxy) is 1. The molecule has 0 aliphatic carbocycles. The van der Waals surface area contributed by atoms with Crippen molar-refractivity contribution in [2.75, 3.05) is 45.2 Å². The van der Waals surface area contributed by atoms with Crippen molar-refractivity contribution in [3.05, 3.63) is 23.8 Å². The Bertz CT molecular complexity index is 470. The van der Waals surface area contributed by atoms with Gasteiger partial charge in [0.25, 0.3) is 0 Å². The molecule has 2 rings (SSSR count). The zero-order valence-electron chi connectivity index (χ0n) is 12.1. The van der Waals surface area contributed by atoms with E-state index in [1.165, 1.54) is 12.8 Å². The van der Waals surface area contributed by atoms with Crippen LogP contribution in [-0.4, -0.2) is 56.3 Å². The summed E-state index contributed by atoms with van der Waals surface area (Å²) in [5.41, 5.74) is 1.02. The molecular weight excluding hydrogens is 256 g/mol. The Hall–Kier alpha value is -1.75. The molecule has 0 bridgehead atoms. The van der Waals surface area contributed by atoms with Gasteiger partial charge in [-0.3, -0.25) is 0 Å². The Morgan fingerprint density at radius 1 is 1.40 bits per heavy atom. The van der Waals surface area contributed by atoms with Crippen LogP contribution in [0.3, 0.4) is 0 Å². The van der Waals surface area contributed by atoms with Gasteiger partial charge in [0, 0.05) is 26.2 Å².